The van der Waals surface area contributed by atoms with E-state index in [0.29, 0.717) is 43.6 Å². The van der Waals surface area contributed by atoms with E-state index in [1.807, 2.05) is 6.92 Å². The van der Waals surface area contributed by atoms with E-state index in [1.165, 1.54) is 0 Å². The average molecular weight is 290 g/mol. The van der Waals surface area contributed by atoms with E-state index < -0.39 is 0 Å². The van der Waals surface area contributed by atoms with Crippen LogP contribution in [0.25, 0.3) is 0 Å². The predicted octanol–water partition coefficient (Wildman–Crippen LogP) is 1.42. The summed E-state index contributed by atoms with van der Waals surface area (Å²) in [7, 11) is 0. The maximum absolute atomic E-state index is 12.4. The lowest BCUT2D eigenvalue weighted by molar-refractivity contribution is 0.0546. The lowest BCUT2D eigenvalue weighted by Gasteiger charge is -2.29. The van der Waals surface area contributed by atoms with Crippen molar-refractivity contribution >= 4 is 11.8 Å². The van der Waals surface area contributed by atoms with Crippen LogP contribution in [0, 0.1) is 0 Å². The second-order valence-corrected chi connectivity index (χ2v) is 5.36. The summed E-state index contributed by atoms with van der Waals surface area (Å²) >= 11 is 0. The SMILES string of the molecule is CCCNC(=O)c1cccc(C(=O)N2CCC(O)CC2)c1. The van der Waals surface area contributed by atoms with Crippen molar-refractivity contribution in [2.45, 2.75) is 32.3 Å². The van der Waals surface area contributed by atoms with Gasteiger partial charge in [-0.2, -0.15) is 0 Å². The number of nitrogens with one attached hydrogen (secondary N) is 1. The van der Waals surface area contributed by atoms with Crippen LogP contribution in [0.1, 0.15) is 46.9 Å². The van der Waals surface area contributed by atoms with E-state index in [-0.39, 0.29) is 17.9 Å². The lowest BCUT2D eigenvalue weighted by Crippen LogP contribution is -2.40. The lowest BCUT2D eigenvalue weighted by atomic mass is 10.1. The Labute approximate surface area is 125 Å². The van der Waals surface area contributed by atoms with Crippen molar-refractivity contribution in [1.82, 2.24) is 10.2 Å². The number of piperidine rings is 1. The fourth-order valence-electron chi connectivity index (χ4n) is 2.39. The minimum absolute atomic E-state index is 0.0768. The molecular weight excluding hydrogens is 268 g/mol. The smallest absolute Gasteiger partial charge is 0.253 e. The van der Waals surface area contributed by atoms with Crippen LogP contribution in [0.15, 0.2) is 24.3 Å². The second kappa shape index (κ2) is 7.22. The number of hydrogen-bond donors (Lipinski definition) is 2. The molecule has 0 radical (unpaired) electrons. The number of rotatable bonds is 4. The molecule has 2 rings (SSSR count). The quantitative estimate of drug-likeness (QED) is 0.881. The molecule has 0 unspecified atom stereocenters. The van der Waals surface area contributed by atoms with Gasteiger partial charge < -0.3 is 15.3 Å². The van der Waals surface area contributed by atoms with Crippen LogP contribution in [-0.4, -0.2) is 47.6 Å². The number of aliphatic hydroxyl groups excluding tert-OH is 1. The Morgan fingerprint density at radius 2 is 1.95 bits per heavy atom. The Morgan fingerprint density at radius 1 is 1.29 bits per heavy atom. The summed E-state index contributed by atoms with van der Waals surface area (Å²) in [5.41, 5.74) is 1.03. The summed E-state index contributed by atoms with van der Waals surface area (Å²) in [6.45, 7) is 3.74. The maximum Gasteiger partial charge on any atom is 0.253 e. The topological polar surface area (TPSA) is 69.6 Å². The van der Waals surface area contributed by atoms with Gasteiger partial charge in [-0.3, -0.25) is 9.59 Å². The van der Waals surface area contributed by atoms with Crippen LogP contribution in [-0.2, 0) is 0 Å². The van der Waals surface area contributed by atoms with Gasteiger partial charge in [0.25, 0.3) is 11.8 Å². The van der Waals surface area contributed by atoms with E-state index in [9.17, 15) is 14.7 Å². The average Bonchev–Trinajstić information content (AvgIpc) is 2.52. The molecule has 0 aliphatic carbocycles. The first-order valence-electron chi connectivity index (χ1n) is 7.47. The fourth-order valence-corrected chi connectivity index (χ4v) is 2.39. The highest BCUT2D eigenvalue weighted by molar-refractivity contribution is 5.99. The molecule has 5 nitrogen and oxygen atoms in total. The van der Waals surface area contributed by atoms with Crippen LogP contribution in [0.5, 0.6) is 0 Å². The minimum atomic E-state index is -0.305. The number of likely N-dealkylation sites (tertiary alicyclic amines) is 1. The first kappa shape index (κ1) is 15.5. The van der Waals surface area contributed by atoms with Gasteiger partial charge in [0.2, 0.25) is 0 Å². The van der Waals surface area contributed by atoms with E-state index in [1.54, 1.807) is 29.2 Å². The van der Waals surface area contributed by atoms with Crippen LogP contribution >= 0.6 is 0 Å². The number of amides is 2. The molecule has 114 valence electrons. The number of benzene rings is 1. The number of nitrogens with zero attached hydrogens (tertiary/aromatic N) is 1. The van der Waals surface area contributed by atoms with Gasteiger partial charge in [0.1, 0.15) is 0 Å². The minimum Gasteiger partial charge on any atom is -0.393 e. The number of hydrogen-bond acceptors (Lipinski definition) is 3. The summed E-state index contributed by atoms with van der Waals surface area (Å²) in [5, 5.41) is 12.3. The van der Waals surface area contributed by atoms with Gasteiger partial charge in [-0.1, -0.05) is 13.0 Å². The summed E-state index contributed by atoms with van der Waals surface area (Å²) in [6.07, 6.45) is 1.80. The molecule has 0 bridgehead atoms. The molecule has 0 aromatic heterocycles. The highest BCUT2D eigenvalue weighted by atomic mass is 16.3. The predicted molar refractivity (Wildman–Crippen MR) is 80.2 cm³/mol. The molecule has 0 saturated carbocycles. The van der Waals surface area contributed by atoms with Crippen molar-refractivity contribution < 1.29 is 14.7 Å². The van der Waals surface area contributed by atoms with Crippen LogP contribution < -0.4 is 5.32 Å². The summed E-state index contributed by atoms with van der Waals surface area (Å²) in [6, 6.07) is 6.80. The third kappa shape index (κ3) is 4.04. The van der Waals surface area contributed by atoms with Gasteiger partial charge in [0, 0.05) is 30.8 Å². The van der Waals surface area contributed by atoms with Crippen molar-refractivity contribution in [2.75, 3.05) is 19.6 Å². The molecule has 2 amide bonds. The third-order valence-electron chi connectivity index (χ3n) is 3.66. The van der Waals surface area contributed by atoms with Gasteiger partial charge >= 0.3 is 0 Å². The summed E-state index contributed by atoms with van der Waals surface area (Å²) in [4.78, 5) is 26.1. The molecule has 2 N–H and O–H groups in total. The van der Waals surface area contributed by atoms with E-state index in [4.69, 9.17) is 0 Å². The molecule has 21 heavy (non-hydrogen) atoms. The maximum atomic E-state index is 12.4. The van der Waals surface area contributed by atoms with Crippen LogP contribution in [0.2, 0.25) is 0 Å². The normalized spacial score (nSPS) is 15.8. The molecule has 1 aromatic rings. The highest BCUT2D eigenvalue weighted by Gasteiger charge is 2.22. The second-order valence-electron chi connectivity index (χ2n) is 5.36. The van der Waals surface area contributed by atoms with Gasteiger partial charge in [-0.15, -0.1) is 0 Å². The molecule has 1 aliphatic rings. The number of carbonyl (C=O) groups excluding carboxylic acids is 2. The van der Waals surface area contributed by atoms with Crippen molar-refractivity contribution in [3.8, 4) is 0 Å². The van der Waals surface area contributed by atoms with Gasteiger partial charge in [0.05, 0.1) is 6.10 Å². The van der Waals surface area contributed by atoms with Gasteiger partial charge in [-0.05, 0) is 37.5 Å². The Bertz CT molecular complexity index is 508. The molecule has 1 aliphatic heterocycles. The molecule has 5 heteroatoms. The number of aliphatic hydroxyl groups is 1. The Balaban J connectivity index is 2.06. The fraction of sp³-hybridized carbons (Fsp3) is 0.500. The molecular formula is C16H22N2O3. The van der Waals surface area contributed by atoms with E-state index >= 15 is 0 Å². The zero-order valence-corrected chi connectivity index (χ0v) is 12.3. The summed E-state index contributed by atoms with van der Waals surface area (Å²) < 4.78 is 0. The first-order chi connectivity index (χ1) is 10.1. The van der Waals surface area contributed by atoms with Gasteiger partial charge in [-0.25, -0.2) is 0 Å². The zero-order valence-electron chi connectivity index (χ0n) is 12.3. The van der Waals surface area contributed by atoms with Crippen molar-refractivity contribution in [3.05, 3.63) is 35.4 Å². The van der Waals surface area contributed by atoms with Crippen LogP contribution in [0.3, 0.4) is 0 Å². The highest BCUT2D eigenvalue weighted by Crippen LogP contribution is 2.15. The number of carbonyl (C=O) groups is 2. The van der Waals surface area contributed by atoms with Gasteiger partial charge in [0.15, 0.2) is 0 Å². The first-order valence-corrected chi connectivity index (χ1v) is 7.47. The van der Waals surface area contributed by atoms with E-state index in [0.717, 1.165) is 6.42 Å². The Hall–Kier alpha value is -1.88. The standard InChI is InChI=1S/C16H22N2O3/c1-2-8-17-15(20)12-4-3-5-13(11-12)16(21)18-9-6-14(19)7-10-18/h3-5,11,14,19H,2,6-10H2,1H3,(H,17,20). The summed E-state index contributed by atoms with van der Waals surface area (Å²) in [5.74, 6) is -0.229. The molecule has 1 fully saturated rings. The zero-order chi connectivity index (χ0) is 15.2. The Kier molecular flexibility index (Phi) is 5.33. The monoisotopic (exact) mass is 290 g/mol. The van der Waals surface area contributed by atoms with Crippen LogP contribution in [0.4, 0.5) is 0 Å². The largest absolute Gasteiger partial charge is 0.393 e. The van der Waals surface area contributed by atoms with E-state index in [2.05, 4.69) is 5.32 Å². The molecule has 1 heterocycles. The third-order valence-corrected chi connectivity index (χ3v) is 3.66. The Morgan fingerprint density at radius 3 is 2.62 bits per heavy atom. The molecule has 0 atom stereocenters. The van der Waals surface area contributed by atoms with Crippen molar-refractivity contribution in [2.24, 2.45) is 0 Å². The van der Waals surface area contributed by atoms with Crippen molar-refractivity contribution in [3.63, 3.8) is 0 Å². The molecule has 1 saturated heterocycles. The molecule has 0 spiro atoms. The van der Waals surface area contributed by atoms with Crippen molar-refractivity contribution in [1.29, 1.82) is 0 Å². The molecule has 1 aromatic carbocycles.